The van der Waals surface area contributed by atoms with E-state index in [1.54, 1.807) is 13.2 Å². The molecule has 104 valence electrons. The Labute approximate surface area is 114 Å². The van der Waals surface area contributed by atoms with Crippen LogP contribution in [0.5, 0.6) is 5.75 Å². The van der Waals surface area contributed by atoms with E-state index in [1.807, 2.05) is 18.2 Å². The predicted octanol–water partition coefficient (Wildman–Crippen LogP) is 3.82. The summed E-state index contributed by atoms with van der Waals surface area (Å²) < 4.78 is 10.6. The Morgan fingerprint density at radius 1 is 1.32 bits per heavy atom. The zero-order chi connectivity index (χ0) is 13.7. The topological polar surface area (TPSA) is 47.6 Å². The van der Waals surface area contributed by atoms with E-state index in [9.17, 15) is 4.79 Å². The lowest BCUT2D eigenvalue weighted by molar-refractivity contribution is 0.0524. The normalized spacial score (nSPS) is 22.6. The van der Waals surface area contributed by atoms with Gasteiger partial charge in [-0.15, -0.1) is 0 Å². The maximum Gasteiger partial charge on any atom is 0.411 e. The molecule has 1 fully saturated rings. The average Bonchev–Trinajstić information content (AvgIpc) is 2.41. The second-order valence-corrected chi connectivity index (χ2v) is 5.06. The van der Waals surface area contributed by atoms with Crippen molar-refractivity contribution in [3.63, 3.8) is 0 Å². The van der Waals surface area contributed by atoms with Crippen molar-refractivity contribution < 1.29 is 14.3 Å². The number of hydrogen-bond donors (Lipinski definition) is 1. The van der Waals surface area contributed by atoms with Gasteiger partial charge in [0.15, 0.2) is 0 Å². The van der Waals surface area contributed by atoms with E-state index >= 15 is 0 Å². The highest BCUT2D eigenvalue weighted by atomic mass is 16.6. The fourth-order valence-corrected chi connectivity index (χ4v) is 2.44. The third-order valence-corrected chi connectivity index (χ3v) is 3.61. The van der Waals surface area contributed by atoms with Crippen LogP contribution in [0.15, 0.2) is 24.3 Å². The van der Waals surface area contributed by atoms with Crippen LogP contribution in [0.4, 0.5) is 10.5 Å². The lowest BCUT2D eigenvalue weighted by Gasteiger charge is -2.28. The molecule has 1 amide bonds. The van der Waals surface area contributed by atoms with Crippen molar-refractivity contribution in [1.29, 1.82) is 0 Å². The van der Waals surface area contributed by atoms with Crippen LogP contribution in [0.2, 0.25) is 0 Å². The summed E-state index contributed by atoms with van der Waals surface area (Å²) in [6.07, 6.45) is 4.13. The van der Waals surface area contributed by atoms with Crippen molar-refractivity contribution in [2.75, 3.05) is 12.4 Å². The molecule has 2 rings (SSSR count). The maximum atomic E-state index is 11.9. The molecule has 0 aliphatic heterocycles. The number of anilines is 1. The first-order valence-corrected chi connectivity index (χ1v) is 6.80. The number of carbonyl (C=O) groups is 1. The summed E-state index contributed by atoms with van der Waals surface area (Å²) in [7, 11) is 1.60. The van der Waals surface area contributed by atoms with E-state index in [2.05, 4.69) is 12.2 Å². The lowest BCUT2D eigenvalue weighted by Crippen LogP contribution is -2.30. The quantitative estimate of drug-likeness (QED) is 0.901. The molecule has 1 aromatic rings. The van der Waals surface area contributed by atoms with Gasteiger partial charge in [0.1, 0.15) is 11.9 Å². The molecule has 0 heterocycles. The molecule has 0 bridgehead atoms. The number of benzene rings is 1. The second kappa shape index (κ2) is 6.45. The van der Waals surface area contributed by atoms with E-state index in [4.69, 9.17) is 9.47 Å². The molecule has 1 aliphatic rings. The molecule has 1 saturated carbocycles. The third-order valence-electron chi connectivity index (χ3n) is 3.61. The van der Waals surface area contributed by atoms with E-state index in [-0.39, 0.29) is 12.2 Å². The van der Waals surface area contributed by atoms with Crippen molar-refractivity contribution in [3.05, 3.63) is 24.3 Å². The summed E-state index contributed by atoms with van der Waals surface area (Å²) >= 11 is 0. The molecule has 1 aliphatic carbocycles. The molecule has 1 aromatic carbocycles. The SMILES string of the molecule is COc1cccc(NC(=O)O[C@@H]2CCCC[C@@H]2C)c1. The number of hydrogen-bond acceptors (Lipinski definition) is 3. The van der Waals surface area contributed by atoms with E-state index < -0.39 is 0 Å². The molecule has 0 aromatic heterocycles. The van der Waals surface area contributed by atoms with Gasteiger partial charge in [0, 0.05) is 11.8 Å². The van der Waals surface area contributed by atoms with Gasteiger partial charge in [0.25, 0.3) is 0 Å². The summed E-state index contributed by atoms with van der Waals surface area (Å²) in [6, 6.07) is 7.25. The van der Waals surface area contributed by atoms with Gasteiger partial charge in [0.2, 0.25) is 0 Å². The van der Waals surface area contributed by atoms with Gasteiger partial charge in [-0.2, -0.15) is 0 Å². The first-order valence-electron chi connectivity index (χ1n) is 6.80. The van der Waals surface area contributed by atoms with Crippen LogP contribution in [-0.4, -0.2) is 19.3 Å². The summed E-state index contributed by atoms with van der Waals surface area (Å²) in [6.45, 7) is 2.14. The van der Waals surface area contributed by atoms with Crippen LogP contribution in [0.3, 0.4) is 0 Å². The van der Waals surface area contributed by atoms with Crippen LogP contribution in [-0.2, 0) is 4.74 Å². The van der Waals surface area contributed by atoms with Crippen LogP contribution >= 0.6 is 0 Å². The van der Waals surface area contributed by atoms with Gasteiger partial charge in [-0.3, -0.25) is 5.32 Å². The molecule has 0 saturated heterocycles. The average molecular weight is 263 g/mol. The third kappa shape index (κ3) is 3.88. The Morgan fingerprint density at radius 2 is 2.11 bits per heavy atom. The first kappa shape index (κ1) is 13.7. The standard InChI is InChI=1S/C15H21NO3/c1-11-6-3-4-9-14(11)19-15(17)16-12-7-5-8-13(10-12)18-2/h5,7-8,10-11,14H,3-4,6,9H2,1-2H3,(H,16,17)/t11-,14+/m0/s1. The second-order valence-electron chi connectivity index (χ2n) is 5.06. The van der Waals surface area contributed by atoms with E-state index in [0.717, 1.165) is 19.3 Å². The predicted molar refractivity (Wildman–Crippen MR) is 74.5 cm³/mol. The Hall–Kier alpha value is -1.71. The van der Waals surface area contributed by atoms with Gasteiger partial charge < -0.3 is 9.47 Å². The molecule has 2 atom stereocenters. The number of carbonyl (C=O) groups excluding carboxylic acids is 1. The van der Waals surface area contributed by atoms with Gasteiger partial charge in [-0.05, 0) is 37.3 Å². The molecule has 19 heavy (non-hydrogen) atoms. The monoisotopic (exact) mass is 263 g/mol. The minimum atomic E-state index is -0.382. The lowest BCUT2D eigenvalue weighted by atomic mass is 9.88. The van der Waals surface area contributed by atoms with Crippen LogP contribution in [0, 0.1) is 5.92 Å². The van der Waals surface area contributed by atoms with Crippen molar-refractivity contribution in [2.45, 2.75) is 38.7 Å². The molecule has 4 heteroatoms. The molecule has 0 unspecified atom stereocenters. The van der Waals surface area contributed by atoms with Gasteiger partial charge in [-0.1, -0.05) is 19.4 Å². The van der Waals surface area contributed by atoms with Crippen LogP contribution in [0.1, 0.15) is 32.6 Å². The largest absolute Gasteiger partial charge is 0.497 e. The first-order chi connectivity index (χ1) is 9.19. The number of methoxy groups -OCH3 is 1. The zero-order valence-corrected chi connectivity index (χ0v) is 11.5. The highest BCUT2D eigenvalue weighted by Crippen LogP contribution is 2.26. The zero-order valence-electron chi connectivity index (χ0n) is 11.5. The molecular formula is C15H21NO3. The summed E-state index contributed by atoms with van der Waals surface area (Å²) in [4.78, 5) is 11.9. The highest BCUT2D eigenvalue weighted by molar-refractivity contribution is 5.84. The number of ether oxygens (including phenoxy) is 2. The van der Waals surface area contributed by atoms with E-state index in [0.29, 0.717) is 17.4 Å². The van der Waals surface area contributed by atoms with Gasteiger partial charge in [-0.25, -0.2) is 4.79 Å². The number of nitrogens with one attached hydrogen (secondary N) is 1. The summed E-state index contributed by atoms with van der Waals surface area (Å²) in [5.41, 5.74) is 0.688. The highest BCUT2D eigenvalue weighted by Gasteiger charge is 2.24. The van der Waals surface area contributed by atoms with Gasteiger partial charge >= 0.3 is 6.09 Å². The van der Waals surface area contributed by atoms with Crippen molar-refractivity contribution in [2.24, 2.45) is 5.92 Å². The minimum Gasteiger partial charge on any atom is -0.497 e. The molecule has 0 spiro atoms. The summed E-state index contributed by atoms with van der Waals surface area (Å²) in [5.74, 6) is 1.16. The summed E-state index contributed by atoms with van der Waals surface area (Å²) in [5, 5.41) is 2.74. The van der Waals surface area contributed by atoms with Crippen LogP contribution in [0.25, 0.3) is 0 Å². The van der Waals surface area contributed by atoms with Crippen molar-refractivity contribution in [1.82, 2.24) is 0 Å². The Balaban J connectivity index is 1.89. The van der Waals surface area contributed by atoms with E-state index in [1.165, 1.54) is 6.42 Å². The number of amides is 1. The maximum absolute atomic E-state index is 11.9. The van der Waals surface area contributed by atoms with Gasteiger partial charge in [0.05, 0.1) is 7.11 Å². The fourth-order valence-electron chi connectivity index (χ4n) is 2.44. The Bertz CT molecular complexity index is 433. The molecular weight excluding hydrogens is 242 g/mol. The fraction of sp³-hybridized carbons (Fsp3) is 0.533. The molecule has 0 radical (unpaired) electrons. The Kier molecular flexibility index (Phi) is 4.66. The molecule has 1 N–H and O–H groups in total. The minimum absolute atomic E-state index is 0.0411. The number of rotatable bonds is 3. The smallest absolute Gasteiger partial charge is 0.411 e. The molecule has 4 nitrogen and oxygen atoms in total. The van der Waals surface area contributed by atoms with Crippen molar-refractivity contribution in [3.8, 4) is 5.75 Å². The van der Waals surface area contributed by atoms with Crippen molar-refractivity contribution >= 4 is 11.8 Å². The van der Waals surface area contributed by atoms with Crippen LogP contribution < -0.4 is 10.1 Å². The Morgan fingerprint density at radius 3 is 2.84 bits per heavy atom.